The van der Waals surface area contributed by atoms with Gasteiger partial charge in [0, 0.05) is 11.6 Å². The van der Waals surface area contributed by atoms with Crippen LogP contribution in [0.2, 0.25) is 0 Å². The predicted octanol–water partition coefficient (Wildman–Crippen LogP) is 3.98. The van der Waals surface area contributed by atoms with Crippen LogP contribution in [0.3, 0.4) is 0 Å². The molecule has 1 atom stereocenters. The van der Waals surface area contributed by atoms with Gasteiger partial charge in [0.25, 0.3) is 0 Å². The standard InChI is InChI=1S/C15H23F2N/c1-4-10-18-12(5-2)7-8-13-14(16)9-6-11(3)15(13)17/h6,9,12,18H,4-5,7-8,10H2,1-3H3. The molecule has 0 aliphatic carbocycles. The van der Waals surface area contributed by atoms with Gasteiger partial charge in [-0.25, -0.2) is 8.78 Å². The molecule has 102 valence electrons. The van der Waals surface area contributed by atoms with Gasteiger partial charge in [-0.3, -0.25) is 0 Å². The first-order chi connectivity index (χ1) is 8.60. The summed E-state index contributed by atoms with van der Waals surface area (Å²) in [5, 5.41) is 3.40. The van der Waals surface area contributed by atoms with Crippen LogP contribution in [0.15, 0.2) is 12.1 Å². The zero-order valence-electron chi connectivity index (χ0n) is 11.5. The highest BCUT2D eigenvalue weighted by atomic mass is 19.1. The Labute approximate surface area is 109 Å². The van der Waals surface area contributed by atoms with Crippen LogP contribution in [0.5, 0.6) is 0 Å². The zero-order chi connectivity index (χ0) is 13.5. The van der Waals surface area contributed by atoms with Crippen molar-refractivity contribution in [2.75, 3.05) is 6.54 Å². The Balaban J connectivity index is 2.64. The van der Waals surface area contributed by atoms with Gasteiger partial charge in [0.15, 0.2) is 0 Å². The molecule has 1 nitrogen and oxygen atoms in total. The Hall–Kier alpha value is -0.960. The summed E-state index contributed by atoms with van der Waals surface area (Å²) in [6.07, 6.45) is 3.28. The van der Waals surface area contributed by atoms with E-state index in [-0.39, 0.29) is 11.4 Å². The number of halogens is 2. The maximum Gasteiger partial charge on any atom is 0.132 e. The van der Waals surface area contributed by atoms with E-state index in [9.17, 15) is 8.78 Å². The molecule has 0 bridgehead atoms. The zero-order valence-corrected chi connectivity index (χ0v) is 11.5. The van der Waals surface area contributed by atoms with Gasteiger partial charge in [0.1, 0.15) is 11.6 Å². The predicted molar refractivity (Wildman–Crippen MR) is 71.8 cm³/mol. The Kier molecular flexibility index (Phi) is 6.27. The lowest BCUT2D eigenvalue weighted by atomic mass is 10.0. The second kappa shape index (κ2) is 7.47. The molecule has 0 saturated heterocycles. The highest BCUT2D eigenvalue weighted by Crippen LogP contribution is 2.19. The molecule has 18 heavy (non-hydrogen) atoms. The molecule has 0 aliphatic heterocycles. The summed E-state index contributed by atoms with van der Waals surface area (Å²) in [5.41, 5.74) is 0.743. The normalized spacial score (nSPS) is 12.7. The number of hydrogen-bond acceptors (Lipinski definition) is 1. The fourth-order valence-corrected chi connectivity index (χ4v) is 2.06. The van der Waals surface area contributed by atoms with E-state index < -0.39 is 5.82 Å². The summed E-state index contributed by atoms with van der Waals surface area (Å²) in [7, 11) is 0. The fraction of sp³-hybridized carbons (Fsp3) is 0.600. The molecule has 1 aromatic rings. The minimum atomic E-state index is -0.427. The van der Waals surface area contributed by atoms with Crippen molar-refractivity contribution < 1.29 is 8.78 Å². The molecule has 0 fully saturated rings. The quantitative estimate of drug-likeness (QED) is 0.777. The summed E-state index contributed by atoms with van der Waals surface area (Å²) in [5.74, 6) is -0.816. The molecular formula is C15H23F2N. The van der Waals surface area contributed by atoms with Crippen molar-refractivity contribution in [2.45, 2.75) is 52.5 Å². The van der Waals surface area contributed by atoms with Crippen molar-refractivity contribution in [1.29, 1.82) is 0 Å². The van der Waals surface area contributed by atoms with E-state index in [0.717, 1.165) is 25.8 Å². The largest absolute Gasteiger partial charge is 0.314 e. The van der Waals surface area contributed by atoms with Crippen LogP contribution in [-0.4, -0.2) is 12.6 Å². The first kappa shape index (κ1) is 15.1. The van der Waals surface area contributed by atoms with Gasteiger partial charge < -0.3 is 5.32 Å². The van der Waals surface area contributed by atoms with Crippen LogP contribution in [0.1, 0.15) is 44.2 Å². The minimum absolute atomic E-state index is 0.228. The highest BCUT2D eigenvalue weighted by Gasteiger charge is 2.13. The molecular weight excluding hydrogens is 232 g/mol. The third-order valence-electron chi connectivity index (χ3n) is 3.30. The first-order valence-corrected chi connectivity index (χ1v) is 6.77. The van der Waals surface area contributed by atoms with Crippen LogP contribution in [0.4, 0.5) is 8.78 Å². The number of benzene rings is 1. The van der Waals surface area contributed by atoms with E-state index in [1.54, 1.807) is 6.92 Å². The lowest BCUT2D eigenvalue weighted by Crippen LogP contribution is -2.29. The van der Waals surface area contributed by atoms with Gasteiger partial charge in [0.2, 0.25) is 0 Å². The Morgan fingerprint density at radius 2 is 1.94 bits per heavy atom. The summed E-state index contributed by atoms with van der Waals surface area (Å²) in [4.78, 5) is 0. The lowest BCUT2D eigenvalue weighted by molar-refractivity contribution is 0.456. The van der Waals surface area contributed by atoms with E-state index in [4.69, 9.17) is 0 Å². The third-order valence-corrected chi connectivity index (χ3v) is 3.30. The Morgan fingerprint density at radius 1 is 1.22 bits per heavy atom. The second-order valence-electron chi connectivity index (χ2n) is 4.75. The van der Waals surface area contributed by atoms with E-state index in [1.165, 1.54) is 12.1 Å². The third kappa shape index (κ3) is 4.05. The van der Waals surface area contributed by atoms with Crippen LogP contribution >= 0.6 is 0 Å². The van der Waals surface area contributed by atoms with Gasteiger partial charge in [-0.1, -0.05) is 19.9 Å². The number of aryl methyl sites for hydroxylation is 1. The van der Waals surface area contributed by atoms with Crippen molar-refractivity contribution >= 4 is 0 Å². The Morgan fingerprint density at radius 3 is 2.56 bits per heavy atom. The maximum absolute atomic E-state index is 13.8. The molecule has 1 rings (SSSR count). The summed E-state index contributed by atoms with van der Waals surface area (Å²) < 4.78 is 27.4. The highest BCUT2D eigenvalue weighted by molar-refractivity contribution is 5.26. The summed E-state index contributed by atoms with van der Waals surface area (Å²) in [6, 6.07) is 3.18. The number of hydrogen-bond donors (Lipinski definition) is 1. The van der Waals surface area contributed by atoms with E-state index in [0.29, 0.717) is 18.0 Å². The average molecular weight is 255 g/mol. The molecule has 1 N–H and O–H groups in total. The van der Waals surface area contributed by atoms with Crippen molar-refractivity contribution in [3.05, 3.63) is 34.9 Å². The smallest absolute Gasteiger partial charge is 0.132 e. The molecule has 1 aromatic carbocycles. The van der Waals surface area contributed by atoms with Gasteiger partial charge in [-0.15, -0.1) is 0 Å². The van der Waals surface area contributed by atoms with E-state index >= 15 is 0 Å². The molecule has 0 amide bonds. The van der Waals surface area contributed by atoms with Crippen LogP contribution in [-0.2, 0) is 6.42 Å². The Bertz CT molecular complexity index is 377. The molecule has 0 aromatic heterocycles. The van der Waals surface area contributed by atoms with Gasteiger partial charge in [0.05, 0.1) is 0 Å². The molecule has 0 heterocycles. The van der Waals surface area contributed by atoms with Crippen LogP contribution in [0.25, 0.3) is 0 Å². The fourth-order valence-electron chi connectivity index (χ4n) is 2.06. The van der Waals surface area contributed by atoms with Crippen molar-refractivity contribution in [3.63, 3.8) is 0 Å². The molecule has 0 aliphatic rings. The SMILES string of the molecule is CCCNC(CC)CCc1c(F)ccc(C)c1F. The van der Waals surface area contributed by atoms with Gasteiger partial charge in [-0.05, 0) is 50.8 Å². The lowest BCUT2D eigenvalue weighted by Gasteiger charge is -2.17. The summed E-state index contributed by atoms with van der Waals surface area (Å²) >= 11 is 0. The van der Waals surface area contributed by atoms with Crippen molar-refractivity contribution in [3.8, 4) is 0 Å². The molecule has 1 unspecified atom stereocenters. The molecule has 0 saturated carbocycles. The maximum atomic E-state index is 13.8. The van der Waals surface area contributed by atoms with Crippen molar-refractivity contribution in [2.24, 2.45) is 0 Å². The average Bonchev–Trinajstić information content (AvgIpc) is 2.37. The van der Waals surface area contributed by atoms with Crippen molar-refractivity contribution in [1.82, 2.24) is 5.32 Å². The number of rotatable bonds is 7. The number of nitrogens with one attached hydrogen (secondary N) is 1. The molecule has 0 spiro atoms. The van der Waals surface area contributed by atoms with Crippen LogP contribution < -0.4 is 5.32 Å². The van der Waals surface area contributed by atoms with E-state index in [2.05, 4.69) is 19.2 Å². The topological polar surface area (TPSA) is 12.0 Å². The summed E-state index contributed by atoms with van der Waals surface area (Å²) in [6.45, 7) is 6.83. The monoisotopic (exact) mass is 255 g/mol. The van der Waals surface area contributed by atoms with E-state index in [1.807, 2.05) is 0 Å². The second-order valence-corrected chi connectivity index (χ2v) is 4.75. The first-order valence-electron chi connectivity index (χ1n) is 6.77. The molecule has 0 radical (unpaired) electrons. The van der Waals surface area contributed by atoms with Gasteiger partial charge >= 0.3 is 0 Å². The minimum Gasteiger partial charge on any atom is -0.314 e. The molecule has 3 heteroatoms. The van der Waals surface area contributed by atoms with Crippen LogP contribution in [0, 0.1) is 18.6 Å². The van der Waals surface area contributed by atoms with Gasteiger partial charge in [-0.2, -0.15) is 0 Å².